The van der Waals surface area contributed by atoms with Crippen molar-refractivity contribution in [3.8, 4) is 0 Å². The highest BCUT2D eigenvalue weighted by molar-refractivity contribution is 5.71. The van der Waals surface area contributed by atoms with Crippen LogP contribution in [0.5, 0.6) is 0 Å². The second-order valence-corrected chi connectivity index (χ2v) is 14.9. The van der Waals surface area contributed by atoms with E-state index in [1.54, 1.807) is 0 Å². The Bertz CT molecular complexity index is 1860. The molecule has 14 atom stereocenters. The Morgan fingerprint density at radius 1 is 0.358 bits per heavy atom. The highest BCUT2D eigenvalue weighted by Crippen LogP contribution is 2.42. The first-order valence-corrected chi connectivity index (χ1v) is 20.3. The summed E-state index contributed by atoms with van der Waals surface area (Å²) in [6.07, 6.45) is -23.7. The molecule has 0 bridgehead atoms. The van der Waals surface area contributed by atoms with Crippen molar-refractivity contribution >= 4 is 65.7 Å². The van der Waals surface area contributed by atoms with Crippen molar-refractivity contribution in [3.63, 3.8) is 0 Å². The van der Waals surface area contributed by atoms with Crippen molar-refractivity contribution in [1.82, 2.24) is 0 Å². The largest absolute Gasteiger partial charge is 0.463 e. The fraction of sp³-hybridized carbons (Fsp3) is 0.725. The van der Waals surface area contributed by atoms with Crippen LogP contribution in [0.4, 0.5) is 0 Å². The van der Waals surface area contributed by atoms with Crippen LogP contribution < -0.4 is 0 Å². The minimum absolute atomic E-state index is 0.699. The van der Waals surface area contributed by atoms with Crippen molar-refractivity contribution in [2.45, 2.75) is 162 Å². The summed E-state index contributed by atoms with van der Waals surface area (Å²) in [5.41, 5.74) is 0. The van der Waals surface area contributed by atoms with Crippen LogP contribution in [0.25, 0.3) is 0 Å². The zero-order valence-corrected chi connectivity index (χ0v) is 38.4. The molecule has 67 heavy (non-hydrogen) atoms. The van der Waals surface area contributed by atoms with Crippen molar-refractivity contribution in [3.05, 3.63) is 0 Å². The van der Waals surface area contributed by atoms with Gasteiger partial charge in [0.15, 0.2) is 55.1 Å². The minimum atomic E-state index is -2.82. The molecule has 0 aliphatic carbocycles. The summed E-state index contributed by atoms with van der Waals surface area (Å²) in [5, 5.41) is 0. The standard InChI is InChI=1S/C40H54O27/c1-16(41)52-12-27-30(56-19(4)44)33(59-22(7)47)35(61-24(9)49)38(64-27)55-15-40(37(63-26(11)51)32(58-21(6)46)29(66-40)14-54-18(3)43)67-39-36(62-25(10)50)34(60-23(8)48)31(57-20(5)45)28(65-39)13-53-17(2)42/h27-39H,12-15H2,1-11H3/t27-,28-,29-,30+,31-,32-,33+,34+,35-,36-,37+,38-,39-,40+/m1/s1. The third-order valence-electron chi connectivity index (χ3n) is 9.16. The molecule has 27 nitrogen and oxygen atoms in total. The summed E-state index contributed by atoms with van der Waals surface area (Å²) in [5.74, 6) is -13.6. The first-order chi connectivity index (χ1) is 31.2. The fourth-order valence-electron chi connectivity index (χ4n) is 7.08. The molecule has 0 aromatic heterocycles. The molecule has 3 aliphatic rings. The fourth-order valence-corrected chi connectivity index (χ4v) is 7.08. The lowest BCUT2D eigenvalue weighted by atomic mass is 9.97. The first-order valence-electron chi connectivity index (χ1n) is 20.3. The average Bonchev–Trinajstić information content (AvgIpc) is 3.44. The van der Waals surface area contributed by atoms with Gasteiger partial charge < -0.3 is 75.8 Å². The molecule has 376 valence electrons. The van der Waals surface area contributed by atoms with Crippen molar-refractivity contribution in [2.24, 2.45) is 0 Å². The highest BCUT2D eigenvalue weighted by Gasteiger charge is 2.65. The maximum Gasteiger partial charge on any atom is 0.303 e. The van der Waals surface area contributed by atoms with E-state index in [1.165, 1.54) is 0 Å². The smallest absolute Gasteiger partial charge is 0.303 e. The lowest BCUT2D eigenvalue weighted by Gasteiger charge is -2.47. The lowest BCUT2D eigenvalue weighted by Crippen LogP contribution is -2.66. The molecule has 0 aromatic rings. The summed E-state index contributed by atoms with van der Waals surface area (Å²) in [6, 6.07) is 0. The van der Waals surface area contributed by atoms with Gasteiger partial charge in [0.1, 0.15) is 44.7 Å². The lowest BCUT2D eigenvalue weighted by molar-refractivity contribution is -0.397. The number of rotatable bonds is 19. The van der Waals surface area contributed by atoms with E-state index in [0.29, 0.717) is 0 Å². The van der Waals surface area contributed by atoms with Crippen LogP contribution in [0.1, 0.15) is 76.2 Å². The van der Waals surface area contributed by atoms with E-state index in [4.69, 9.17) is 75.8 Å². The highest BCUT2D eigenvalue weighted by atomic mass is 16.8. The minimum Gasteiger partial charge on any atom is -0.463 e. The topological polar surface area (TPSA) is 335 Å². The summed E-state index contributed by atoms with van der Waals surface area (Å²) in [6.45, 7) is 7.34. The van der Waals surface area contributed by atoms with Gasteiger partial charge in [-0.05, 0) is 0 Å². The van der Waals surface area contributed by atoms with Crippen LogP contribution in [0.15, 0.2) is 0 Å². The van der Waals surface area contributed by atoms with Gasteiger partial charge >= 0.3 is 65.7 Å². The number of carbonyl (C=O) groups excluding carboxylic acids is 11. The molecule has 3 fully saturated rings. The van der Waals surface area contributed by atoms with E-state index < -0.39 is 178 Å². The van der Waals surface area contributed by atoms with Crippen molar-refractivity contribution < 1.29 is 129 Å². The molecule has 0 saturated carbocycles. The molecule has 0 radical (unpaired) electrons. The van der Waals surface area contributed by atoms with Crippen molar-refractivity contribution in [1.29, 1.82) is 0 Å². The van der Waals surface area contributed by atoms with Crippen molar-refractivity contribution in [2.75, 3.05) is 26.4 Å². The number of hydrogen-bond acceptors (Lipinski definition) is 27. The molecule has 0 spiro atoms. The molecular weight excluding hydrogens is 912 g/mol. The van der Waals surface area contributed by atoms with E-state index in [-0.39, 0.29) is 0 Å². The molecule has 3 saturated heterocycles. The molecule has 0 aromatic carbocycles. The average molecular weight is 967 g/mol. The van der Waals surface area contributed by atoms with Gasteiger partial charge in [-0.3, -0.25) is 52.7 Å². The third kappa shape index (κ3) is 16.4. The van der Waals surface area contributed by atoms with E-state index >= 15 is 0 Å². The third-order valence-corrected chi connectivity index (χ3v) is 9.16. The summed E-state index contributed by atoms with van der Waals surface area (Å²) in [4.78, 5) is 137. The van der Waals surface area contributed by atoms with Gasteiger partial charge in [-0.25, -0.2) is 0 Å². The normalized spacial score (nSPS) is 31.1. The Hall–Kier alpha value is -6.03. The second kappa shape index (κ2) is 24.7. The Labute approximate surface area is 382 Å². The van der Waals surface area contributed by atoms with Gasteiger partial charge in [-0.15, -0.1) is 0 Å². The maximum atomic E-state index is 13.0. The number of carbonyl (C=O) groups is 11. The Morgan fingerprint density at radius 3 is 1.04 bits per heavy atom. The van der Waals surface area contributed by atoms with Gasteiger partial charge in [0.25, 0.3) is 0 Å². The van der Waals surface area contributed by atoms with Crippen LogP contribution in [-0.2, 0) is 129 Å². The van der Waals surface area contributed by atoms with E-state index in [1.807, 2.05) is 0 Å². The first kappa shape index (κ1) is 55.3. The predicted molar refractivity (Wildman–Crippen MR) is 206 cm³/mol. The number of esters is 11. The Kier molecular flexibility index (Phi) is 20.3. The van der Waals surface area contributed by atoms with Crippen LogP contribution in [-0.4, -0.2) is 178 Å². The number of hydrogen-bond donors (Lipinski definition) is 0. The van der Waals surface area contributed by atoms with Crippen LogP contribution in [0, 0.1) is 0 Å². The molecule has 0 N–H and O–H groups in total. The molecule has 3 aliphatic heterocycles. The monoisotopic (exact) mass is 966 g/mol. The van der Waals surface area contributed by atoms with Crippen LogP contribution in [0.3, 0.4) is 0 Å². The van der Waals surface area contributed by atoms with E-state index in [2.05, 4.69) is 0 Å². The molecule has 0 unspecified atom stereocenters. The van der Waals surface area contributed by atoms with Crippen LogP contribution >= 0.6 is 0 Å². The zero-order chi connectivity index (χ0) is 50.5. The van der Waals surface area contributed by atoms with Gasteiger partial charge in [0, 0.05) is 76.2 Å². The quantitative estimate of drug-likeness (QED) is 0.107. The summed E-state index contributed by atoms with van der Waals surface area (Å²) < 4.78 is 90.8. The van der Waals surface area contributed by atoms with E-state index in [9.17, 15) is 52.7 Å². The van der Waals surface area contributed by atoms with Gasteiger partial charge in [0.2, 0.25) is 12.1 Å². The summed E-state index contributed by atoms with van der Waals surface area (Å²) >= 11 is 0. The number of ether oxygens (including phenoxy) is 16. The van der Waals surface area contributed by atoms with Gasteiger partial charge in [-0.1, -0.05) is 0 Å². The maximum absolute atomic E-state index is 13.0. The van der Waals surface area contributed by atoms with E-state index in [0.717, 1.165) is 76.2 Å². The van der Waals surface area contributed by atoms with Crippen LogP contribution in [0.2, 0.25) is 0 Å². The molecule has 27 heteroatoms. The SMILES string of the molecule is CC(=O)OC[C@H]1O[C@@H](OC[C@@]2(O[C@H]3O[C@H](COC(C)=O)[C@@H](OC(C)=O)[C@H](OC(C)=O)[C@H]3OC(C)=O)O[C@H](COC(C)=O)[C@@H](OC(C)=O)[C@@H]2OC(C)=O)[C@H](OC(C)=O)[C@@H](OC(C)=O)[C@H]1OC(C)=O. The van der Waals surface area contributed by atoms with Gasteiger partial charge in [-0.2, -0.15) is 0 Å². The Balaban J connectivity index is 2.39. The molecular formula is C40H54O27. The van der Waals surface area contributed by atoms with Gasteiger partial charge in [0.05, 0.1) is 0 Å². The predicted octanol–water partition coefficient (Wildman–Crippen LogP) is -1.29. The molecule has 3 heterocycles. The Morgan fingerprint density at radius 2 is 0.672 bits per heavy atom. The molecule has 0 amide bonds. The molecule has 3 rings (SSSR count). The summed E-state index contributed by atoms with van der Waals surface area (Å²) in [7, 11) is 0. The zero-order valence-electron chi connectivity index (χ0n) is 38.4. The second-order valence-electron chi connectivity index (χ2n) is 14.9.